The molecule has 2 amide bonds. The third kappa shape index (κ3) is 2.99. The maximum Gasteiger partial charge on any atom is 0.244 e. The summed E-state index contributed by atoms with van der Waals surface area (Å²) in [6.07, 6.45) is 0.703. The fourth-order valence-corrected chi connectivity index (χ4v) is 3.30. The van der Waals surface area contributed by atoms with E-state index in [-0.39, 0.29) is 24.4 Å². The fraction of sp³-hybridized carbons (Fsp3) is 0.667. The Morgan fingerprint density at radius 3 is 2.86 bits per heavy atom. The van der Waals surface area contributed by atoms with E-state index in [0.29, 0.717) is 26.1 Å². The number of fused-ring (bicyclic) bond motifs is 1. The molecule has 0 aliphatic carbocycles. The minimum Gasteiger partial charge on any atom is -0.353 e. The predicted octanol–water partition coefficient (Wildman–Crippen LogP) is -0.467. The molecular formula is C15H23N5O2. The van der Waals surface area contributed by atoms with Crippen molar-refractivity contribution >= 4 is 11.8 Å². The Bertz CT molecular complexity index is 582. The number of piperazine rings is 1. The highest BCUT2D eigenvalue weighted by Gasteiger charge is 2.33. The lowest BCUT2D eigenvalue weighted by Crippen LogP contribution is -2.55. The molecule has 7 heteroatoms. The molecule has 1 aromatic heterocycles. The molecule has 7 nitrogen and oxygen atoms in total. The first-order valence-electron chi connectivity index (χ1n) is 7.85. The van der Waals surface area contributed by atoms with E-state index in [1.807, 2.05) is 24.8 Å². The summed E-state index contributed by atoms with van der Waals surface area (Å²) < 4.78 is 1.75. The third-order valence-electron chi connectivity index (χ3n) is 4.51. The SMILES string of the molecule is Cc1cc(C)n(CC(=O)N2CCC3C(=O)NCCN3CC2)n1. The van der Waals surface area contributed by atoms with Crippen LogP contribution in [0.1, 0.15) is 17.8 Å². The van der Waals surface area contributed by atoms with Crippen molar-refractivity contribution in [2.45, 2.75) is 32.9 Å². The van der Waals surface area contributed by atoms with Gasteiger partial charge in [-0.1, -0.05) is 0 Å². The number of nitrogens with zero attached hydrogens (tertiary/aromatic N) is 4. The molecule has 0 saturated carbocycles. The predicted molar refractivity (Wildman–Crippen MR) is 81.3 cm³/mol. The van der Waals surface area contributed by atoms with E-state index >= 15 is 0 Å². The summed E-state index contributed by atoms with van der Waals surface area (Å²) in [6, 6.07) is 1.89. The topological polar surface area (TPSA) is 70.5 Å². The number of nitrogens with one attached hydrogen (secondary N) is 1. The molecule has 2 fully saturated rings. The first-order valence-corrected chi connectivity index (χ1v) is 7.85. The number of aromatic nitrogens is 2. The van der Waals surface area contributed by atoms with Crippen molar-refractivity contribution in [1.29, 1.82) is 0 Å². The van der Waals surface area contributed by atoms with E-state index in [2.05, 4.69) is 15.3 Å². The molecule has 0 spiro atoms. The standard InChI is InChI=1S/C15H23N5O2/c1-11-9-12(2)20(17-11)10-14(21)19-5-3-13-15(22)16-4-6-18(13)7-8-19/h9,13H,3-8,10H2,1-2H3,(H,16,22). The van der Waals surface area contributed by atoms with E-state index in [9.17, 15) is 9.59 Å². The Morgan fingerprint density at radius 2 is 2.14 bits per heavy atom. The van der Waals surface area contributed by atoms with Crippen LogP contribution in [0.4, 0.5) is 0 Å². The average molecular weight is 305 g/mol. The summed E-state index contributed by atoms with van der Waals surface area (Å²) in [6.45, 7) is 7.81. The Hall–Kier alpha value is -1.89. The van der Waals surface area contributed by atoms with Crippen molar-refractivity contribution in [2.24, 2.45) is 0 Å². The summed E-state index contributed by atoms with van der Waals surface area (Å²) >= 11 is 0. The van der Waals surface area contributed by atoms with Crippen LogP contribution in [0.25, 0.3) is 0 Å². The van der Waals surface area contributed by atoms with Crippen LogP contribution in [-0.4, -0.2) is 70.2 Å². The van der Waals surface area contributed by atoms with Gasteiger partial charge in [0.05, 0.1) is 11.7 Å². The van der Waals surface area contributed by atoms with E-state index < -0.39 is 0 Å². The van der Waals surface area contributed by atoms with Gasteiger partial charge in [0.2, 0.25) is 11.8 Å². The summed E-state index contributed by atoms with van der Waals surface area (Å²) in [7, 11) is 0. The minimum absolute atomic E-state index is 0.0754. The van der Waals surface area contributed by atoms with Crippen LogP contribution in [0, 0.1) is 13.8 Å². The summed E-state index contributed by atoms with van der Waals surface area (Å²) in [5.41, 5.74) is 1.92. The number of hydrogen-bond acceptors (Lipinski definition) is 4. The highest BCUT2D eigenvalue weighted by molar-refractivity contribution is 5.82. The second-order valence-corrected chi connectivity index (χ2v) is 6.10. The molecule has 22 heavy (non-hydrogen) atoms. The van der Waals surface area contributed by atoms with Gasteiger partial charge in [-0.2, -0.15) is 5.10 Å². The van der Waals surface area contributed by atoms with Crippen molar-refractivity contribution < 1.29 is 9.59 Å². The zero-order valence-corrected chi connectivity index (χ0v) is 13.2. The largest absolute Gasteiger partial charge is 0.353 e. The highest BCUT2D eigenvalue weighted by atomic mass is 16.2. The quantitative estimate of drug-likeness (QED) is 0.802. The van der Waals surface area contributed by atoms with Gasteiger partial charge in [-0.3, -0.25) is 19.2 Å². The van der Waals surface area contributed by atoms with Gasteiger partial charge in [0.25, 0.3) is 0 Å². The first kappa shape index (κ1) is 15.0. The van der Waals surface area contributed by atoms with Gasteiger partial charge in [0.15, 0.2) is 0 Å². The second kappa shape index (κ2) is 6.08. The van der Waals surface area contributed by atoms with Crippen LogP contribution in [0.3, 0.4) is 0 Å². The van der Waals surface area contributed by atoms with Crippen LogP contribution in [-0.2, 0) is 16.1 Å². The van der Waals surface area contributed by atoms with Crippen molar-refractivity contribution in [3.05, 3.63) is 17.5 Å². The normalized spacial score (nSPS) is 22.9. The monoisotopic (exact) mass is 305 g/mol. The molecular weight excluding hydrogens is 282 g/mol. The van der Waals surface area contributed by atoms with Gasteiger partial charge in [0, 0.05) is 38.4 Å². The van der Waals surface area contributed by atoms with Crippen molar-refractivity contribution in [3.63, 3.8) is 0 Å². The number of amides is 2. The molecule has 2 aliphatic heterocycles. The van der Waals surface area contributed by atoms with Gasteiger partial charge >= 0.3 is 0 Å². The number of hydrogen-bond donors (Lipinski definition) is 1. The molecule has 120 valence electrons. The number of carbonyl (C=O) groups excluding carboxylic acids is 2. The van der Waals surface area contributed by atoms with Crippen molar-refractivity contribution in [3.8, 4) is 0 Å². The van der Waals surface area contributed by atoms with Gasteiger partial charge in [0.1, 0.15) is 6.54 Å². The smallest absolute Gasteiger partial charge is 0.244 e. The molecule has 3 rings (SSSR count). The van der Waals surface area contributed by atoms with Crippen LogP contribution < -0.4 is 5.32 Å². The molecule has 1 atom stereocenters. The summed E-state index contributed by atoms with van der Waals surface area (Å²) in [4.78, 5) is 28.5. The molecule has 2 aliphatic rings. The summed E-state index contributed by atoms with van der Waals surface area (Å²) in [5.74, 6) is 0.172. The number of aryl methyl sites for hydroxylation is 2. The van der Waals surface area contributed by atoms with Crippen LogP contribution in [0.5, 0.6) is 0 Å². The Labute approximate surface area is 130 Å². The zero-order valence-electron chi connectivity index (χ0n) is 13.2. The van der Waals surface area contributed by atoms with E-state index in [0.717, 1.165) is 24.5 Å². The third-order valence-corrected chi connectivity index (χ3v) is 4.51. The zero-order chi connectivity index (χ0) is 15.7. The number of rotatable bonds is 2. The Balaban J connectivity index is 1.64. The fourth-order valence-electron chi connectivity index (χ4n) is 3.30. The molecule has 1 unspecified atom stereocenters. The molecule has 0 bridgehead atoms. The molecule has 3 heterocycles. The average Bonchev–Trinajstić information content (AvgIpc) is 2.68. The Morgan fingerprint density at radius 1 is 1.32 bits per heavy atom. The van der Waals surface area contributed by atoms with Crippen LogP contribution in [0.15, 0.2) is 6.07 Å². The number of carbonyl (C=O) groups is 2. The summed E-state index contributed by atoms with van der Waals surface area (Å²) in [5, 5.41) is 7.25. The van der Waals surface area contributed by atoms with Gasteiger partial charge in [-0.15, -0.1) is 0 Å². The van der Waals surface area contributed by atoms with E-state index in [1.54, 1.807) is 4.68 Å². The van der Waals surface area contributed by atoms with Gasteiger partial charge in [-0.25, -0.2) is 0 Å². The van der Waals surface area contributed by atoms with Gasteiger partial charge in [-0.05, 0) is 26.3 Å². The maximum absolute atomic E-state index is 12.5. The van der Waals surface area contributed by atoms with E-state index in [1.165, 1.54) is 0 Å². The lowest BCUT2D eigenvalue weighted by atomic mass is 10.1. The molecule has 2 saturated heterocycles. The van der Waals surface area contributed by atoms with Crippen LogP contribution >= 0.6 is 0 Å². The van der Waals surface area contributed by atoms with Crippen molar-refractivity contribution in [2.75, 3.05) is 32.7 Å². The lowest BCUT2D eigenvalue weighted by Gasteiger charge is -2.32. The Kier molecular flexibility index (Phi) is 4.15. The second-order valence-electron chi connectivity index (χ2n) is 6.10. The molecule has 1 N–H and O–H groups in total. The molecule has 0 radical (unpaired) electrons. The van der Waals surface area contributed by atoms with Crippen LogP contribution in [0.2, 0.25) is 0 Å². The highest BCUT2D eigenvalue weighted by Crippen LogP contribution is 2.14. The van der Waals surface area contributed by atoms with Crippen molar-refractivity contribution in [1.82, 2.24) is 24.9 Å². The lowest BCUT2D eigenvalue weighted by molar-refractivity contribution is -0.132. The van der Waals surface area contributed by atoms with Gasteiger partial charge < -0.3 is 10.2 Å². The minimum atomic E-state index is -0.0831. The first-order chi connectivity index (χ1) is 10.5. The maximum atomic E-state index is 12.5. The van der Waals surface area contributed by atoms with E-state index in [4.69, 9.17) is 0 Å². The molecule has 1 aromatic rings. The molecule has 0 aromatic carbocycles.